The summed E-state index contributed by atoms with van der Waals surface area (Å²) in [6, 6.07) is 6.15. The van der Waals surface area contributed by atoms with E-state index in [-0.39, 0.29) is 40.2 Å². The Morgan fingerprint density at radius 3 is 2.63 bits per heavy atom. The molecule has 12 heteroatoms. The minimum Gasteiger partial charge on any atom is -0.302 e. The number of carbonyl (C=O) groups excluding carboxylic acids is 1. The van der Waals surface area contributed by atoms with Crippen molar-refractivity contribution in [3.8, 4) is 0 Å². The second kappa shape index (κ2) is 7.82. The summed E-state index contributed by atoms with van der Waals surface area (Å²) in [6.45, 7) is 4.14. The maximum atomic E-state index is 12.6. The molecule has 9 nitrogen and oxygen atoms in total. The largest absolute Gasteiger partial charge is 0.302 e. The predicted octanol–water partition coefficient (Wildman–Crippen LogP) is 1.30. The Labute approximate surface area is 179 Å². The van der Waals surface area contributed by atoms with Gasteiger partial charge in [-0.05, 0) is 18.6 Å². The Kier molecular flexibility index (Phi) is 5.49. The number of sulfone groups is 1. The first-order valence-corrected chi connectivity index (χ1v) is 13.5. The second-order valence-corrected chi connectivity index (χ2v) is 12.2. The maximum absolute atomic E-state index is 12.6. The molecule has 3 heterocycles. The van der Waals surface area contributed by atoms with E-state index in [2.05, 4.69) is 16.8 Å². The molecule has 2 aliphatic heterocycles. The topological polar surface area (TPSA) is 119 Å². The van der Waals surface area contributed by atoms with Gasteiger partial charge in [0.1, 0.15) is 10.7 Å². The molecule has 0 N–H and O–H groups in total. The summed E-state index contributed by atoms with van der Waals surface area (Å²) < 4.78 is 51.6. The summed E-state index contributed by atoms with van der Waals surface area (Å²) in [7, 11) is -6.91. The van der Waals surface area contributed by atoms with E-state index < -0.39 is 25.8 Å². The second-order valence-electron chi connectivity index (χ2n) is 7.07. The lowest BCUT2D eigenvalue weighted by atomic mass is 10.1. The van der Waals surface area contributed by atoms with Crippen LogP contribution in [-0.4, -0.2) is 65.6 Å². The van der Waals surface area contributed by atoms with Gasteiger partial charge in [-0.2, -0.15) is 0 Å². The number of fused-ring (bicyclic) bond motifs is 1. The highest BCUT2D eigenvalue weighted by atomic mass is 32.2. The SMILES string of the molecule is C=CCn1c(SCCN2C(=O)c3ccccc3S2(=O)=O)nnc1[C@@H]1CCS(=O)(=O)C1. The zero-order valence-electron chi connectivity index (χ0n) is 16.0. The highest BCUT2D eigenvalue weighted by Crippen LogP contribution is 2.32. The van der Waals surface area contributed by atoms with E-state index in [0.29, 0.717) is 23.9 Å². The minimum atomic E-state index is -3.85. The molecule has 1 fully saturated rings. The Morgan fingerprint density at radius 2 is 1.97 bits per heavy atom. The normalized spacial score (nSPS) is 21.7. The van der Waals surface area contributed by atoms with Gasteiger partial charge in [-0.15, -0.1) is 16.8 Å². The average Bonchev–Trinajstić information content (AvgIpc) is 3.32. The van der Waals surface area contributed by atoms with Crippen LogP contribution in [0.4, 0.5) is 0 Å². The molecule has 0 unspecified atom stereocenters. The van der Waals surface area contributed by atoms with Crippen LogP contribution in [0.5, 0.6) is 0 Å². The van der Waals surface area contributed by atoms with Gasteiger partial charge in [-0.1, -0.05) is 30.0 Å². The first-order valence-electron chi connectivity index (χ1n) is 9.28. The monoisotopic (exact) mass is 468 g/mol. The van der Waals surface area contributed by atoms with Gasteiger partial charge in [-0.25, -0.2) is 21.1 Å². The van der Waals surface area contributed by atoms with Crippen molar-refractivity contribution in [3.05, 3.63) is 48.3 Å². The molecule has 1 aromatic heterocycles. The van der Waals surface area contributed by atoms with Crippen LogP contribution < -0.4 is 0 Å². The van der Waals surface area contributed by atoms with Crippen LogP contribution in [0.25, 0.3) is 0 Å². The highest BCUT2D eigenvalue weighted by Gasteiger charge is 2.40. The molecule has 0 spiro atoms. The lowest BCUT2D eigenvalue weighted by Gasteiger charge is -2.15. The van der Waals surface area contributed by atoms with Crippen molar-refractivity contribution in [3.63, 3.8) is 0 Å². The van der Waals surface area contributed by atoms with Gasteiger partial charge in [0.05, 0.1) is 17.1 Å². The van der Waals surface area contributed by atoms with Crippen LogP contribution >= 0.6 is 11.8 Å². The van der Waals surface area contributed by atoms with Crippen molar-refractivity contribution in [1.82, 2.24) is 19.1 Å². The number of hydrogen-bond donors (Lipinski definition) is 0. The summed E-state index contributed by atoms with van der Waals surface area (Å²) in [5.41, 5.74) is 0.182. The van der Waals surface area contributed by atoms with E-state index in [1.54, 1.807) is 22.8 Å². The van der Waals surface area contributed by atoms with Gasteiger partial charge >= 0.3 is 0 Å². The molecule has 1 amide bonds. The van der Waals surface area contributed by atoms with Crippen LogP contribution in [-0.2, 0) is 26.4 Å². The fourth-order valence-electron chi connectivity index (χ4n) is 3.68. The van der Waals surface area contributed by atoms with Crippen molar-refractivity contribution in [2.24, 2.45) is 0 Å². The molecule has 2 aromatic rings. The summed E-state index contributed by atoms with van der Waals surface area (Å²) in [4.78, 5) is 12.5. The van der Waals surface area contributed by atoms with Gasteiger partial charge in [0.15, 0.2) is 15.0 Å². The Balaban J connectivity index is 1.49. The Bertz CT molecular complexity index is 1220. The summed E-state index contributed by atoms with van der Waals surface area (Å²) in [6.07, 6.45) is 2.17. The quantitative estimate of drug-likeness (QED) is 0.441. The molecule has 0 saturated carbocycles. The lowest BCUT2D eigenvalue weighted by molar-refractivity contribution is 0.0876. The van der Waals surface area contributed by atoms with Gasteiger partial charge in [-0.3, -0.25) is 4.79 Å². The highest BCUT2D eigenvalue weighted by molar-refractivity contribution is 7.99. The number of nitrogens with zero attached hydrogens (tertiary/aromatic N) is 4. The Morgan fingerprint density at radius 1 is 1.20 bits per heavy atom. The maximum Gasteiger partial charge on any atom is 0.269 e. The molecule has 0 radical (unpaired) electrons. The predicted molar refractivity (Wildman–Crippen MR) is 112 cm³/mol. The van der Waals surface area contributed by atoms with Crippen LogP contribution in [0.15, 0.2) is 47.0 Å². The third-order valence-corrected chi connectivity index (χ3v) is 9.65. The molecule has 1 aromatic carbocycles. The van der Waals surface area contributed by atoms with Crippen LogP contribution in [0.2, 0.25) is 0 Å². The van der Waals surface area contributed by atoms with E-state index in [9.17, 15) is 21.6 Å². The molecule has 4 rings (SSSR count). The zero-order chi connectivity index (χ0) is 21.5. The molecule has 1 atom stereocenters. The number of amides is 1. The fraction of sp³-hybridized carbons (Fsp3) is 0.389. The fourth-order valence-corrected chi connectivity index (χ4v) is 7.98. The van der Waals surface area contributed by atoms with E-state index in [1.165, 1.54) is 23.9 Å². The Hall–Kier alpha value is -2.18. The number of aromatic nitrogens is 3. The van der Waals surface area contributed by atoms with Crippen molar-refractivity contribution in [1.29, 1.82) is 0 Å². The number of sulfonamides is 1. The summed E-state index contributed by atoms with van der Waals surface area (Å²) >= 11 is 1.27. The lowest BCUT2D eigenvalue weighted by Crippen LogP contribution is -2.32. The molecule has 1 saturated heterocycles. The number of allylic oxidation sites excluding steroid dienone is 1. The van der Waals surface area contributed by atoms with Crippen molar-refractivity contribution >= 4 is 37.5 Å². The van der Waals surface area contributed by atoms with Crippen LogP contribution in [0.1, 0.15) is 28.5 Å². The molecule has 2 aliphatic rings. The zero-order valence-corrected chi connectivity index (χ0v) is 18.4. The number of benzene rings is 1. The number of carbonyl (C=O) groups is 1. The molecule has 0 aliphatic carbocycles. The van der Waals surface area contributed by atoms with Gasteiger partial charge in [0.25, 0.3) is 15.9 Å². The van der Waals surface area contributed by atoms with Crippen molar-refractivity contribution in [2.45, 2.75) is 28.9 Å². The van der Waals surface area contributed by atoms with E-state index in [1.807, 2.05) is 0 Å². The first kappa shape index (κ1) is 21.1. The standard InChI is InChI=1S/C18H20N4O5S3/c1-2-8-21-16(13-7-11-29(24,25)12-13)19-20-18(21)28-10-9-22-17(23)14-5-3-4-6-15(14)30(22,26)27/h2-6,13H,1,7-12H2/t13-/m1/s1. The van der Waals surface area contributed by atoms with Crippen molar-refractivity contribution < 1.29 is 21.6 Å². The number of rotatable bonds is 7. The molecular weight excluding hydrogens is 448 g/mol. The van der Waals surface area contributed by atoms with Crippen molar-refractivity contribution in [2.75, 3.05) is 23.8 Å². The van der Waals surface area contributed by atoms with Crippen LogP contribution in [0, 0.1) is 0 Å². The van der Waals surface area contributed by atoms with Crippen LogP contribution in [0.3, 0.4) is 0 Å². The third-order valence-electron chi connectivity index (χ3n) is 5.09. The van der Waals surface area contributed by atoms with Gasteiger partial charge in [0, 0.05) is 24.8 Å². The number of hydrogen-bond acceptors (Lipinski definition) is 8. The van der Waals surface area contributed by atoms with E-state index in [0.717, 1.165) is 4.31 Å². The number of thioether (sulfide) groups is 1. The van der Waals surface area contributed by atoms with Gasteiger partial charge in [0.2, 0.25) is 0 Å². The third kappa shape index (κ3) is 3.67. The summed E-state index contributed by atoms with van der Waals surface area (Å²) in [5.74, 6) is 0.317. The van der Waals surface area contributed by atoms with E-state index >= 15 is 0 Å². The minimum absolute atomic E-state index is 0.00535. The van der Waals surface area contributed by atoms with E-state index in [4.69, 9.17) is 0 Å². The molecular formula is C18H20N4O5S3. The average molecular weight is 469 g/mol. The summed E-state index contributed by atoms with van der Waals surface area (Å²) in [5, 5.41) is 8.89. The first-order chi connectivity index (χ1) is 14.2. The molecule has 30 heavy (non-hydrogen) atoms. The molecule has 0 bridgehead atoms. The smallest absolute Gasteiger partial charge is 0.269 e. The molecule has 160 valence electrons. The van der Waals surface area contributed by atoms with Gasteiger partial charge < -0.3 is 4.57 Å².